The van der Waals surface area contributed by atoms with Crippen LogP contribution in [-0.4, -0.2) is 55.0 Å². The van der Waals surface area contributed by atoms with Gasteiger partial charge >= 0.3 is 5.97 Å². The predicted octanol–water partition coefficient (Wildman–Crippen LogP) is 4.21. The number of fused-ring (bicyclic) bond motifs is 1. The Morgan fingerprint density at radius 2 is 1.84 bits per heavy atom. The van der Waals surface area contributed by atoms with Gasteiger partial charge in [0.25, 0.3) is 5.91 Å². The molecule has 0 unspecified atom stereocenters. The molecule has 1 saturated heterocycles. The van der Waals surface area contributed by atoms with E-state index in [4.69, 9.17) is 20.8 Å². The van der Waals surface area contributed by atoms with E-state index in [2.05, 4.69) is 0 Å². The smallest absolute Gasteiger partial charge is 0.327 e. The molecule has 0 saturated carbocycles. The number of ether oxygens (including phenoxy) is 1. The minimum atomic E-state index is -0.646. The fourth-order valence-electron chi connectivity index (χ4n) is 4.01. The first-order valence-corrected chi connectivity index (χ1v) is 10.3. The van der Waals surface area contributed by atoms with Crippen LogP contribution in [0.1, 0.15) is 27.7 Å². The number of hydrogen-bond donors (Lipinski definition) is 0. The first-order chi connectivity index (χ1) is 14.9. The van der Waals surface area contributed by atoms with E-state index in [1.807, 2.05) is 11.0 Å². The highest BCUT2D eigenvalue weighted by Gasteiger charge is 2.34. The molecule has 0 radical (unpaired) electrons. The molecule has 162 valence electrons. The first-order valence-electron chi connectivity index (χ1n) is 9.95. The molecule has 0 N–H and O–H groups in total. The summed E-state index contributed by atoms with van der Waals surface area (Å²) in [5.41, 5.74) is 1.77. The summed E-state index contributed by atoms with van der Waals surface area (Å²) in [4.78, 5) is 29.2. The second-order valence-electron chi connectivity index (χ2n) is 7.47. The number of nitrogens with zero attached hydrogens (tertiary/aromatic N) is 2. The van der Waals surface area contributed by atoms with E-state index in [0.717, 1.165) is 0 Å². The lowest BCUT2D eigenvalue weighted by molar-refractivity contribution is -0.148. The van der Waals surface area contributed by atoms with Gasteiger partial charge < -0.3 is 14.1 Å². The molecule has 4 rings (SSSR count). The average molecular weight is 445 g/mol. The molecule has 0 bridgehead atoms. The van der Waals surface area contributed by atoms with Gasteiger partial charge in [-0.3, -0.25) is 9.69 Å². The van der Waals surface area contributed by atoms with Gasteiger partial charge in [0, 0.05) is 42.2 Å². The highest BCUT2D eigenvalue weighted by atomic mass is 35.5. The van der Waals surface area contributed by atoms with E-state index in [9.17, 15) is 14.0 Å². The second-order valence-corrected chi connectivity index (χ2v) is 7.88. The van der Waals surface area contributed by atoms with E-state index in [1.165, 1.54) is 25.3 Å². The van der Waals surface area contributed by atoms with Crippen molar-refractivity contribution in [1.29, 1.82) is 0 Å². The Morgan fingerprint density at radius 1 is 1.13 bits per heavy atom. The summed E-state index contributed by atoms with van der Waals surface area (Å²) in [6.07, 6.45) is 0. The fourth-order valence-corrected chi connectivity index (χ4v) is 4.24. The van der Waals surface area contributed by atoms with Gasteiger partial charge in [0.15, 0.2) is 5.76 Å². The Hall–Kier alpha value is -2.90. The molecule has 2 heterocycles. The van der Waals surface area contributed by atoms with E-state index in [1.54, 1.807) is 30.0 Å². The van der Waals surface area contributed by atoms with Crippen molar-refractivity contribution in [1.82, 2.24) is 9.80 Å². The molecule has 1 aromatic heterocycles. The molecule has 1 aliphatic rings. The van der Waals surface area contributed by atoms with Crippen molar-refractivity contribution < 1.29 is 23.1 Å². The van der Waals surface area contributed by atoms with Gasteiger partial charge in [-0.05, 0) is 36.8 Å². The molecule has 1 atom stereocenters. The minimum Gasteiger partial charge on any atom is -0.468 e. The SMILES string of the molecule is COC(=O)[C@H](c1ccccc1Cl)N1CCN(C(=O)c2oc3ccc(F)cc3c2C)CC1. The van der Waals surface area contributed by atoms with Crippen LogP contribution in [0.4, 0.5) is 4.39 Å². The zero-order valence-electron chi connectivity index (χ0n) is 17.2. The van der Waals surface area contributed by atoms with Crippen LogP contribution < -0.4 is 0 Å². The largest absolute Gasteiger partial charge is 0.468 e. The van der Waals surface area contributed by atoms with Crippen LogP contribution in [0, 0.1) is 12.7 Å². The van der Waals surface area contributed by atoms with Crippen LogP contribution >= 0.6 is 11.6 Å². The number of methoxy groups -OCH3 is 1. The Kier molecular flexibility index (Phi) is 5.98. The van der Waals surface area contributed by atoms with Crippen molar-refractivity contribution >= 4 is 34.4 Å². The number of hydrogen-bond acceptors (Lipinski definition) is 5. The van der Waals surface area contributed by atoms with Gasteiger partial charge in [0.05, 0.1) is 7.11 Å². The summed E-state index contributed by atoms with van der Waals surface area (Å²) < 4.78 is 24.3. The van der Waals surface area contributed by atoms with Crippen LogP contribution in [0.25, 0.3) is 11.0 Å². The maximum absolute atomic E-state index is 13.6. The molecule has 8 heteroatoms. The molecule has 0 spiro atoms. The summed E-state index contributed by atoms with van der Waals surface area (Å²) in [7, 11) is 1.35. The van der Waals surface area contributed by atoms with Crippen molar-refractivity contribution in [3.05, 3.63) is 70.2 Å². The number of aryl methyl sites for hydroxylation is 1. The third kappa shape index (κ3) is 4.03. The molecule has 1 aliphatic heterocycles. The molecular weight excluding hydrogens is 423 g/mol. The minimum absolute atomic E-state index is 0.213. The topological polar surface area (TPSA) is 63.0 Å². The lowest BCUT2D eigenvalue weighted by Crippen LogP contribution is -2.51. The lowest BCUT2D eigenvalue weighted by atomic mass is 10.0. The number of carbonyl (C=O) groups excluding carboxylic acids is 2. The van der Waals surface area contributed by atoms with Crippen molar-refractivity contribution in [3.8, 4) is 0 Å². The van der Waals surface area contributed by atoms with E-state index in [-0.39, 0.29) is 17.5 Å². The Labute approximate surface area is 184 Å². The Balaban J connectivity index is 1.52. The van der Waals surface area contributed by atoms with Crippen molar-refractivity contribution in [2.75, 3.05) is 33.3 Å². The first kappa shape index (κ1) is 21.3. The third-order valence-corrected chi connectivity index (χ3v) is 6.03. The van der Waals surface area contributed by atoms with Crippen LogP contribution in [0.5, 0.6) is 0 Å². The normalized spacial score (nSPS) is 15.8. The monoisotopic (exact) mass is 444 g/mol. The van der Waals surface area contributed by atoms with Crippen molar-refractivity contribution in [2.45, 2.75) is 13.0 Å². The maximum Gasteiger partial charge on any atom is 0.327 e. The van der Waals surface area contributed by atoms with E-state index >= 15 is 0 Å². The highest BCUT2D eigenvalue weighted by molar-refractivity contribution is 6.31. The standard InChI is InChI=1S/C23H22ClFN2O4/c1-14-17-13-15(25)7-8-19(17)31-21(14)22(28)27-11-9-26(10-12-27)20(23(29)30-2)16-5-3-4-6-18(16)24/h3-8,13,20H,9-12H2,1-2H3/t20-/m0/s1. The van der Waals surface area contributed by atoms with Gasteiger partial charge in [0.1, 0.15) is 17.4 Å². The number of carbonyl (C=O) groups is 2. The van der Waals surface area contributed by atoms with Gasteiger partial charge in [0.2, 0.25) is 0 Å². The van der Waals surface area contributed by atoms with Gasteiger partial charge in [-0.15, -0.1) is 0 Å². The second kappa shape index (κ2) is 8.69. The highest BCUT2D eigenvalue weighted by Crippen LogP contribution is 2.31. The van der Waals surface area contributed by atoms with Crippen molar-refractivity contribution in [2.24, 2.45) is 0 Å². The van der Waals surface area contributed by atoms with Gasteiger partial charge in [-0.2, -0.15) is 0 Å². The number of esters is 1. The van der Waals surface area contributed by atoms with Crippen LogP contribution in [-0.2, 0) is 9.53 Å². The quantitative estimate of drug-likeness (QED) is 0.564. The summed E-state index contributed by atoms with van der Waals surface area (Å²) in [5, 5.41) is 1.08. The van der Waals surface area contributed by atoms with Gasteiger partial charge in [-0.25, -0.2) is 9.18 Å². The zero-order chi connectivity index (χ0) is 22.1. The summed E-state index contributed by atoms with van der Waals surface area (Å²) in [5.74, 6) is -0.814. The summed E-state index contributed by atoms with van der Waals surface area (Å²) in [6, 6.07) is 10.7. The van der Waals surface area contributed by atoms with Gasteiger partial charge in [-0.1, -0.05) is 29.8 Å². The molecule has 2 aromatic carbocycles. The molecule has 3 aromatic rings. The summed E-state index contributed by atoms with van der Waals surface area (Å²) in [6.45, 7) is 3.48. The molecule has 1 fully saturated rings. The number of halogens is 2. The van der Waals surface area contributed by atoms with Crippen molar-refractivity contribution in [3.63, 3.8) is 0 Å². The molecule has 1 amide bonds. The number of piperazine rings is 1. The Bertz CT molecular complexity index is 1140. The third-order valence-electron chi connectivity index (χ3n) is 5.68. The molecule has 0 aliphatic carbocycles. The maximum atomic E-state index is 13.6. The fraction of sp³-hybridized carbons (Fsp3) is 0.304. The molecule has 6 nitrogen and oxygen atoms in total. The average Bonchev–Trinajstić information content (AvgIpc) is 3.11. The van der Waals surface area contributed by atoms with Crippen LogP contribution in [0.3, 0.4) is 0 Å². The predicted molar refractivity (Wildman–Crippen MR) is 115 cm³/mol. The lowest BCUT2D eigenvalue weighted by Gasteiger charge is -2.38. The number of benzene rings is 2. The Morgan fingerprint density at radius 3 is 2.52 bits per heavy atom. The zero-order valence-corrected chi connectivity index (χ0v) is 18.0. The van der Waals surface area contributed by atoms with E-state index in [0.29, 0.717) is 53.3 Å². The molecule has 31 heavy (non-hydrogen) atoms. The van der Waals surface area contributed by atoms with Crippen LogP contribution in [0.15, 0.2) is 46.9 Å². The number of rotatable bonds is 4. The number of amides is 1. The van der Waals surface area contributed by atoms with Crippen LogP contribution in [0.2, 0.25) is 5.02 Å². The summed E-state index contributed by atoms with van der Waals surface area (Å²) >= 11 is 6.33. The van der Waals surface area contributed by atoms with E-state index < -0.39 is 12.0 Å². The molecular formula is C23H22ClFN2O4. The number of furan rings is 1.